The van der Waals surface area contributed by atoms with Crippen LogP contribution in [0.5, 0.6) is 0 Å². The first-order valence-electron chi connectivity index (χ1n) is 7.85. The number of nitrogens with zero attached hydrogens (tertiary/aromatic N) is 3. The van der Waals surface area contributed by atoms with E-state index >= 15 is 0 Å². The van der Waals surface area contributed by atoms with Crippen molar-refractivity contribution in [3.05, 3.63) is 35.2 Å². The highest BCUT2D eigenvalue weighted by molar-refractivity contribution is 6.30. The van der Waals surface area contributed by atoms with Gasteiger partial charge in [-0.25, -0.2) is 0 Å². The van der Waals surface area contributed by atoms with Gasteiger partial charge in [0, 0.05) is 29.5 Å². The van der Waals surface area contributed by atoms with Crippen LogP contribution in [0, 0.1) is 0 Å². The predicted molar refractivity (Wildman–Crippen MR) is 91.9 cm³/mol. The fourth-order valence-electron chi connectivity index (χ4n) is 2.19. The van der Waals surface area contributed by atoms with Gasteiger partial charge in [-0.05, 0) is 38.1 Å². The largest absolute Gasteiger partial charge is 0.468 e. The van der Waals surface area contributed by atoms with Crippen molar-refractivity contribution in [2.75, 3.05) is 13.7 Å². The van der Waals surface area contributed by atoms with Gasteiger partial charge in [0.15, 0.2) is 0 Å². The van der Waals surface area contributed by atoms with E-state index in [0.717, 1.165) is 5.56 Å². The molecule has 0 unspecified atom stereocenters. The summed E-state index contributed by atoms with van der Waals surface area (Å²) in [7, 11) is 1.29. The number of halogens is 1. The number of hydrogen-bond acceptors (Lipinski definition) is 6. The minimum Gasteiger partial charge on any atom is -0.468 e. The normalized spacial score (nSPS) is 10.8. The van der Waals surface area contributed by atoms with Crippen LogP contribution in [0.4, 0.5) is 0 Å². The van der Waals surface area contributed by atoms with Crippen molar-refractivity contribution in [3.8, 4) is 11.4 Å². The number of aromatic nitrogens is 2. The molecule has 1 aromatic carbocycles. The minimum absolute atomic E-state index is 0.0765. The molecular weight excluding hydrogens is 346 g/mol. The van der Waals surface area contributed by atoms with E-state index in [0.29, 0.717) is 23.2 Å². The Morgan fingerprint density at radius 1 is 1.28 bits per heavy atom. The Labute approximate surface area is 150 Å². The Balaban J connectivity index is 1.97. The number of ether oxygens (including phenoxy) is 1. The average Bonchev–Trinajstić information content (AvgIpc) is 3.06. The highest BCUT2D eigenvalue weighted by Crippen LogP contribution is 2.19. The van der Waals surface area contributed by atoms with Gasteiger partial charge in [0.2, 0.25) is 17.6 Å². The van der Waals surface area contributed by atoms with Gasteiger partial charge in [0.1, 0.15) is 6.54 Å². The lowest BCUT2D eigenvalue weighted by molar-refractivity contribution is -0.148. The number of amides is 1. The third-order valence-electron chi connectivity index (χ3n) is 3.59. The number of methoxy groups -OCH3 is 1. The molecule has 1 aromatic heterocycles. The molecule has 2 rings (SSSR count). The van der Waals surface area contributed by atoms with Crippen molar-refractivity contribution >= 4 is 23.5 Å². The molecule has 0 saturated carbocycles. The van der Waals surface area contributed by atoms with E-state index in [1.165, 1.54) is 12.0 Å². The number of esters is 1. The maximum absolute atomic E-state index is 12.3. The molecular formula is C17H20ClN3O4. The SMILES string of the molecule is COC(=O)CN(C(=O)CCc1nc(-c2ccc(Cl)cc2)no1)C(C)C. The summed E-state index contributed by atoms with van der Waals surface area (Å²) in [6.45, 7) is 3.60. The predicted octanol–water partition coefficient (Wildman–Crippen LogP) is 2.73. The zero-order chi connectivity index (χ0) is 18.4. The number of aryl methyl sites for hydroxylation is 1. The van der Waals surface area contributed by atoms with Crippen molar-refractivity contribution < 1.29 is 18.8 Å². The van der Waals surface area contributed by atoms with E-state index in [9.17, 15) is 9.59 Å². The van der Waals surface area contributed by atoms with E-state index < -0.39 is 5.97 Å². The van der Waals surface area contributed by atoms with E-state index in [2.05, 4.69) is 14.9 Å². The summed E-state index contributed by atoms with van der Waals surface area (Å²) in [6, 6.07) is 6.95. The number of carbonyl (C=O) groups excluding carboxylic acids is 2. The molecule has 0 aliphatic carbocycles. The third-order valence-corrected chi connectivity index (χ3v) is 3.85. The number of benzene rings is 1. The van der Waals surface area contributed by atoms with Crippen molar-refractivity contribution in [1.82, 2.24) is 15.0 Å². The first kappa shape index (κ1) is 18.9. The van der Waals surface area contributed by atoms with E-state index in [4.69, 9.17) is 16.1 Å². The highest BCUT2D eigenvalue weighted by Gasteiger charge is 2.21. The fourth-order valence-corrected chi connectivity index (χ4v) is 2.32. The van der Waals surface area contributed by atoms with E-state index in [1.54, 1.807) is 24.3 Å². The Morgan fingerprint density at radius 2 is 1.96 bits per heavy atom. The summed E-state index contributed by atoms with van der Waals surface area (Å²) < 4.78 is 9.81. The maximum Gasteiger partial charge on any atom is 0.325 e. The Morgan fingerprint density at radius 3 is 2.56 bits per heavy atom. The Hall–Kier alpha value is -2.41. The second kappa shape index (κ2) is 8.62. The molecule has 2 aromatic rings. The van der Waals surface area contributed by atoms with Crippen LogP contribution in [0.2, 0.25) is 5.02 Å². The molecule has 0 bridgehead atoms. The van der Waals surface area contributed by atoms with Gasteiger partial charge in [-0.15, -0.1) is 0 Å². The van der Waals surface area contributed by atoms with Crippen LogP contribution in [0.25, 0.3) is 11.4 Å². The first-order valence-corrected chi connectivity index (χ1v) is 8.23. The molecule has 1 amide bonds. The molecule has 134 valence electrons. The second-order valence-corrected chi connectivity index (χ2v) is 6.15. The summed E-state index contributed by atoms with van der Waals surface area (Å²) in [4.78, 5) is 29.5. The van der Waals surface area contributed by atoms with Gasteiger partial charge in [0.25, 0.3) is 0 Å². The number of hydrogen-bond donors (Lipinski definition) is 0. The molecule has 0 spiro atoms. The molecule has 0 atom stereocenters. The maximum atomic E-state index is 12.3. The lowest BCUT2D eigenvalue weighted by Gasteiger charge is -2.25. The summed E-state index contributed by atoms with van der Waals surface area (Å²) >= 11 is 5.85. The van der Waals surface area contributed by atoms with Gasteiger partial charge in [-0.2, -0.15) is 4.98 Å². The number of carbonyl (C=O) groups is 2. The second-order valence-electron chi connectivity index (χ2n) is 5.71. The van der Waals surface area contributed by atoms with Gasteiger partial charge in [0.05, 0.1) is 7.11 Å². The van der Waals surface area contributed by atoms with Crippen LogP contribution >= 0.6 is 11.6 Å². The van der Waals surface area contributed by atoms with Crippen molar-refractivity contribution in [2.45, 2.75) is 32.7 Å². The van der Waals surface area contributed by atoms with Gasteiger partial charge in [-0.1, -0.05) is 16.8 Å². The minimum atomic E-state index is -0.454. The van der Waals surface area contributed by atoms with Crippen LogP contribution in [0.15, 0.2) is 28.8 Å². The molecule has 25 heavy (non-hydrogen) atoms. The van der Waals surface area contributed by atoms with Crippen LogP contribution in [-0.2, 0) is 20.7 Å². The van der Waals surface area contributed by atoms with Crippen molar-refractivity contribution in [1.29, 1.82) is 0 Å². The quantitative estimate of drug-likeness (QED) is 0.701. The van der Waals surface area contributed by atoms with Crippen LogP contribution in [-0.4, -0.2) is 46.6 Å². The van der Waals surface area contributed by atoms with Gasteiger partial charge < -0.3 is 14.2 Å². The van der Waals surface area contributed by atoms with Crippen molar-refractivity contribution in [2.24, 2.45) is 0 Å². The molecule has 0 radical (unpaired) electrons. The summed E-state index contributed by atoms with van der Waals surface area (Å²) in [5, 5.41) is 4.53. The number of rotatable bonds is 7. The molecule has 0 N–H and O–H groups in total. The fraction of sp³-hybridized carbons (Fsp3) is 0.412. The zero-order valence-electron chi connectivity index (χ0n) is 14.4. The molecule has 0 aliphatic heterocycles. The lowest BCUT2D eigenvalue weighted by Crippen LogP contribution is -2.41. The molecule has 7 nitrogen and oxygen atoms in total. The van der Waals surface area contributed by atoms with Crippen molar-refractivity contribution in [3.63, 3.8) is 0 Å². The Bertz CT molecular complexity index is 728. The molecule has 0 aliphatic rings. The van der Waals surface area contributed by atoms with Crippen LogP contribution < -0.4 is 0 Å². The third kappa shape index (κ3) is 5.29. The summed E-state index contributed by atoms with van der Waals surface area (Å²) in [5.41, 5.74) is 0.778. The average molecular weight is 366 g/mol. The van der Waals surface area contributed by atoms with Crippen LogP contribution in [0.3, 0.4) is 0 Å². The first-order chi connectivity index (χ1) is 11.9. The van der Waals surface area contributed by atoms with Gasteiger partial charge >= 0.3 is 5.97 Å². The molecule has 1 heterocycles. The zero-order valence-corrected chi connectivity index (χ0v) is 15.1. The molecule has 8 heteroatoms. The van der Waals surface area contributed by atoms with E-state index in [1.807, 2.05) is 13.8 Å². The van der Waals surface area contributed by atoms with E-state index in [-0.39, 0.29) is 24.9 Å². The smallest absolute Gasteiger partial charge is 0.325 e. The lowest BCUT2D eigenvalue weighted by atomic mass is 10.2. The van der Waals surface area contributed by atoms with Crippen LogP contribution in [0.1, 0.15) is 26.2 Å². The monoisotopic (exact) mass is 365 g/mol. The standard InChI is InChI=1S/C17H20ClN3O4/c1-11(2)21(10-16(23)24-3)15(22)9-8-14-19-17(20-25-14)12-4-6-13(18)7-5-12/h4-7,11H,8-10H2,1-3H3. The van der Waals surface area contributed by atoms with Gasteiger partial charge in [-0.3, -0.25) is 9.59 Å². The topological polar surface area (TPSA) is 85.5 Å². The summed E-state index contributed by atoms with van der Waals surface area (Å²) in [5.74, 6) is 0.172. The summed E-state index contributed by atoms with van der Waals surface area (Å²) in [6.07, 6.45) is 0.460. The highest BCUT2D eigenvalue weighted by atomic mass is 35.5. The Kier molecular flexibility index (Phi) is 6.52. The molecule has 0 fully saturated rings. The molecule has 0 saturated heterocycles.